The Balaban J connectivity index is 1.19. The van der Waals surface area contributed by atoms with Crippen molar-refractivity contribution in [2.45, 2.75) is 13.5 Å². The van der Waals surface area contributed by atoms with Crippen LogP contribution in [-0.2, 0) is 13.6 Å². The number of likely N-dealkylation sites (N-methyl/N-ethyl adjacent to an activating group) is 1. The van der Waals surface area contributed by atoms with Crippen molar-refractivity contribution in [2.75, 3.05) is 38.5 Å². The fourth-order valence-electron chi connectivity index (χ4n) is 5.06. The van der Waals surface area contributed by atoms with Crippen molar-refractivity contribution in [3.8, 4) is 23.0 Å². The van der Waals surface area contributed by atoms with E-state index >= 15 is 0 Å². The molecule has 0 bridgehead atoms. The van der Waals surface area contributed by atoms with Gasteiger partial charge in [0.25, 0.3) is 5.91 Å². The molecule has 0 atom stereocenters. The molecule has 0 radical (unpaired) electrons. The van der Waals surface area contributed by atoms with E-state index in [0.717, 1.165) is 55.0 Å². The van der Waals surface area contributed by atoms with Crippen LogP contribution in [0.4, 0.5) is 5.69 Å². The van der Waals surface area contributed by atoms with Gasteiger partial charge < -0.3 is 19.5 Å². The van der Waals surface area contributed by atoms with Crippen LogP contribution in [0.5, 0.6) is 11.6 Å². The Bertz CT molecular complexity index is 1690. The molecule has 1 N–H and O–H groups in total. The molecular formula is C32H33N7O2. The summed E-state index contributed by atoms with van der Waals surface area (Å²) >= 11 is 0. The van der Waals surface area contributed by atoms with E-state index in [-0.39, 0.29) is 5.91 Å². The van der Waals surface area contributed by atoms with Crippen molar-refractivity contribution < 1.29 is 9.53 Å². The SMILES string of the molecule is Cc1cc(NC(=O)c2cccc(Oc3nc(-c4cccnc4)nc4ccn(C)c34)c2)ccc1CN1CCN(C)CC1. The number of anilines is 1. The van der Waals surface area contributed by atoms with Crippen LogP contribution in [-0.4, -0.2) is 68.5 Å². The molecule has 1 aliphatic heterocycles. The summed E-state index contributed by atoms with van der Waals surface area (Å²) < 4.78 is 8.19. The van der Waals surface area contributed by atoms with Crippen molar-refractivity contribution in [3.63, 3.8) is 0 Å². The van der Waals surface area contributed by atoms with E-state index in [0.29, 0.717) is 23.0 Å². The van der Waals surface area contributed by atoms with E-state index in [1.807, 2.05) is 54.2 Å². The molecule has 1 saturated heterocycles. The number of fused-ring (bicyclic) bond motifs is 1. The number of piperazine rings is 1. The molecule has 3 aromatic heterocycles. The monoisotopic (exact) mass is 547 g/mol. The van der Waals surface area contributed by atoms with Crippen LogP contribution in [0.3, 0.4) is 0 Å². The van der Waals surface area contributed by atoms with E-state index in [1.165, 1.54) is 11.1 Å². The summed E-state index contributed by atoms with van der Waals surface area (Å²) in [7, 11) is 4.09. The Labute approximate surface area is 239 Å². The Morgan fingerprint density at radius 2 is 1.83 bits per heavy atom. The molecule has 6 rings (SSSR count). The first-order valence-electron chi connectivity index (χ1n) is 13.8. The van der Waals surface area contributed by atoms with Crippen LogP contribution in [0.2, 0.25) is 0 Å². The van der Waals surface area contributed by atoms with Crippen LogP contribution < -0.4 is 10.1 Å². The number of benzene rings is 2. The van der Waals surface area contributed by atoms with Gasteiger partial charge in [0.05, 0.1) is 5.52 Å². The van der Waals surface area contributed by atoms with E-state index in [9.17, 15) is 4.79 Å². The van der Waals surface area contributed by atoms with Crippen LogP contribution in [0.15, 0.2) is 79.3 Å². The number of nitrogens with one attached hydrogen (secondary N) is 1. The Kier molecular flexibility index (Phi) is 7.45. The zero-order chi connectivity index (χ0) is 28.3. The highest BCUT2D eigenvalue weighted by molar-refractivity contribution is 6.04. The maximum Gasteiger partial charge on any atom is 0.255 e. The first-order valence-corrected chi connectivity index (χ1v) is 13.8. The molecule has 0 spiro atoms. The number of rotatable bonds is 7. The quantitative estimate of drug-likeness (QED) is 0.302. The summed E-state index contributed by atoms with van der Waals surface area (Å²) in [4.78, 5) is 31.6. The van der Waals surface area contributed by atoms with Gasteiger partial charge in [0.1, 0.15) is 11.3 Å². The lowest BCUT2D eigenvalue weighted by atomic mass is 10.1. The lowest BCUT2D eigenvalue weighted by molar-refractivity contribution is 0.102. The zero-order valence-electron chi connectivity index (χ0n) is 23.5. The highest BCUT2D eigenvalue weighted by atomic mass is 16.5. The van der Waals surface area contributed by atoms with E-state index in [1.54, 1.807) is 30.6 Å². The molecule has 5 aromatic rings. The lowest BCUT2D eigenvalue weighted by Gasteiger charge is -2.32. The van der Waals surface area contributed by atoms with Crippen LogP contribution in [0, 0.1) is 6.92 Å². The molecular weight excluding hydrogens is 514 g/mol. The molecule has 0 aliphatic carbocycles. The summed E-state index contributed by atoms with van der Waals surface area (Å²) in [5, 5.41) is 3.04. The number of aromatic nitrogens is 4. The summed E-state index contributed by atoms with van der Waals surface area (Å²) in [5.74, 6) is 1.23. The highest BCUT2D eigenvalue weighted by Crippen LogP contribution is 2.31. The van der Waals surface area contributed by atoms with Crippen molar-refractivity contribution in [2.24, 2.45) is 7.05 Å². The van der Waals surface area contributed by atoms with Crippen molar-refractivity contribution in [1.82, 2.24) is 29.3 Å². The fraction of sp³-hybridized carbons (Fsp3) is 0.250. The molecule has 41 heavy (non-hydrogen) atoms. The molecule has 2 aromatic carbocycles. The van der Waals surface area contributed by atoms with Gasteiger partial charge in [0, 0.05) is 75.2 Å². The standard InChI is InChI=1S/C32H33N7O2/c1-22-18-26(10-9-25(22)21-39-16-14-37(2)15-17-39)34-31(40)23-6-4-8-27(19-23)41-32-29-28(11-13-38(29)3)35-30(36-32)24-7-5-12-33-20-24/h4-13,18-20H,14-17,21H2,1-3H3,(H,34,40). The molecule has 0 saturated carbocycles. The second-order valence-electron chi connectivity index (χ2n) is 10.6. The maximum absolute atomic E-state index is 13.2. The minimum Gasteiger partial charge on any atom is -0.437 e. The van der Waals surface area contributed by atoms with Gasteiger partial charge in [-0.1, -0.05) is 12.1 Å². The topological polar surface area (TPSA) is 88.4 Å². The predicted octanol–water partition coefficient (Wildman–Crippen LogP) is 5.13. The Morgan fingerprint density at radius 3 is 2.61 bits per heavy atom. The summed E-state index contributed by atoms with van der Waals surface area (Å²) in [6, 6.07) is 18.9. The average Bonchev–Trinajstić information content (AvgIpc) is 3.37. The number of amides is 1. The molecule has 4 heterocycles. The minimum atomic E-state index is -0.204. The third kappa shape index (κ3) is 5.96. The minimum absolute atomic E-state index is 0.204. The van der Waals surface area contributed by atoms with Crippen LogP contribution >= 0.6 is 0 Å². The highest BCUT2D eigenvalue weighted by Gasteiger charge is 2.17. The first-order chi connectivity index (χ1) is 19.9. The average molecular weight is 548 g/mol. The third-order valence-corrected chi connectivity index (χ3v) is 7.51. The number of hydrogen-bond donors (Lipinski definition) is 1. The molecule has 1 fully saturated rings. The summed E-state index contributed by atoms with van der Waals surface area (Å²) in [6.45, 7) is 7.35. The Morgan fingerprint density at radius 1 is 0.976 bits per heavy atom. The molecule has 9 heteroatoms. The van der Waals surface area contributed by atoms with Gasteiger partial charge >= 0.3 is 0 Å². The Hall–Kier alpha value is -4.60. The van der Waals surface area contributed by atoms with Gasteiger partial charge in [-0.2, -0.15) is 4.98 Å². The predicted molar refractivity (Wildman–Crippen MR) is 160 cm³/mol. The molecule has 1 amide bonds. The number of ether oxygens (including phenoxy) is 1. The van der Waals surface area contributed by atoms with Gasteiger partial charge in [0.2, 0.25) is 5.88 Å². The number of carbonyl (C=O) groups is 1. The number of hydrogen-bond acceptors (Lipinski definition) is 7. The third-order valence-electron chi connectivity index (χ3n) is 7.51. The van der Waals surface area contributed by atoms with Crippen molar-refractivity contribution in [3.05, 3.63) is 95.9 Å². The van der Waals surface area contributed by atoms with Crippen molar-refractivity contribution >= 4 is 22.6 Å². The van der Waals surface area contributed by atoms with Gasteiger partial charge in [0.15, 0.2) is 5.82 Å². The number of carbonyl (C=O) groups excluding carboxylic acids is 1. The fourth-order valence-corrected chi connectivity index (χ4v) is 5.06. The van der Waals surface area contributed by atoms with Crippen molar-refractivity contribution in [1.29, 1.82) is 0 Å². The maximum atomic E-state index is 13.2. The second kappa shape index (κ2) is 11.5. The summed E-state index contributed by atoms with van der Waals surface area (Å²) in [6.07, 6.45) is 5.35. The molecule has 1 aliphatic rings. The molecule has 0 unspecified atom stereocenters. The normalized spacial score (nSPS) is 14.3. The van der Waals surface area contributed by atoms with Gasteiger partial charge in [-0.15, -0.1) is 0 Å². The van der Waals surface area contributed by atoms with Crippen LogP contribution in [0.1, 0.15) is 21.5 Å². The molecule has 208 valence electrons. The smallest absolute Gasteiger partial charge is 0.255 e. The van der Waals surface area contributed by atoms with E-state index in [4.69, 9.17) is 9.72 Å². The van der Waals surface area contributed by atoms with Gasteiger partial charge in [-0.05, 0) is 73.6 Å². The largest absolute Gasteiger partial charge is 0.437 e. The van der Waals surface area contributed by atoms with E-state index in [2.05, 4.69) is 45.1 Å². The lowest BCUT2D eigenvalue weighted by Crippen LogP contribution is -2.43. The second-order valence-corrected chi connectivity index (χ2v) is 10.6. The number of pyridine rings is 1. The van der Waals surface area contributed by atoms with Gasteiger partial charge in [-0.3, -0.25) is 14.7 Å². The summed E-state index contributed by atoms with van der Waals surface area (Å²) in [5.41, 5.74) is 6.02. The van der Waals surface area contributed by atoms with Crippen LogP contribution in [0.25, 0.3) is 22.4 Å². The van der Waals surface area contributed by atoms with E-state index < -0.39 is 0 Å². The number of nitrogens with zero attached hydrogens (tertiary/aromatic N) is 6. The number of aryl methyl sites for hydroxylation is 2. The molecule has 9 nitrogen and oxygen atoms in total. The zero-order valence-corrected chi connectivity index (χ0v) is 23.5. The first kappa shape index (κ1) is 26.6. The van der Waals surface area contributed by atoms with Gasteiger partial charge in [-0.25, -0.2) is 4.98 Å².